The summed E-state index contributed by atoms with van der Waals surface area (Å²) < 4.78 is 8.57. The van der Waals surface area contributed by atoms with Crippen LogP contribution in [0.5, 0.6) is 0 Å². The zero-order chi connectivity index (χ0) is 20.7. The lowest BCUT2D eigenvalue weighted by atomic mass is 10.2. The molecule has 154 valence electrons. The lowest BCUT2D eigenvalue weighted by molar-refractivity contribution is 0.0783. The van der Waals surface area contributed by atoms with E-state index in [1.54, 1.807) is 27.3 Å². The van der Waals surface area contributed by atoms with Gasteiger partial charge < -0.3 is 9.64 Å². The van der Waals surface area contributed by atoms with Crippen molar-refractivity contribution in [3.05, 3.63) is 58.8 Å². The second-order valence-electron chi connectivity index (χ2n) is 7.45. The van der Waals surface area contributed by atoms with Crippen molar-refractivity contribution < 1.29 is 9.53 Å². The number of ether oxygens (including phenoxy) is 1. The van der Waals surface area contributed by atoms with Crippen molar-refractivity contribution in [2.24, 2.45) is 0 Å². The number of methoxy groups -OCH3 is 1. The second-order valence-corrected chi connectivity index (χ2v) is 7.45. The zero-order valence-electron chi connectivity index (χ0n) is 16.6. The molecule has 0 radical (unpaired) electrons. The summed E-state index contributed by atoms with van der Waals surface area (Å²) in [5.41, 5.74) is 2.55. The summed E-state index contributed by atoms with van der Waals surface area (Å²) in [6.07, 6.45) is 2.38. The van der Waals surface area contributed by atoms with Crippen molar-refractivity contribution in [3.8, 4) is 0 Å². The summed E-state index contributed by atoms with van der Waals surface area (Å²) in [5, 5.41) is 7.95. The van der Waals surface area contributed by atoms with E-state index in [4.69, 9.17) is 4.74 Å². The summed E-state index contributed by atoms with van der Waals surface area (Å²) in [6.45, 7) is 1.91. The average Bonchev–Trinajstić information content (AvgIpc) is 3.48. The van der Waals surface area contributed by atoms with Gasteiger partial charge in [0.25, 0.3) is 5.91 Å². The van der Waals surface area contributed by atoms with Gasteiger partial charge in [-0.05, 0) is 24.6 Å². The molecule has 5 rings (SSSR count). The number of amides is 1. The Hall–Kier alpha value is -3.46. The van der Waals surface area contributed by atoms with Crippen LogP contribution in [0.3, 0.4) is 0 Å². The number of nitrogens with zero attached hydrogens (tertiary/aromatic N) is 5. The highest BCUT2D eigenvalue weighted by molar-refractivity contribution is 6.04. The Bertz CT molecular complexity index is 1290. The van der Waals surface area contributed by atoms with Gasteiger partial charge in [-0.2, -0.15) is 5.10 Å². The summed E-state index contributed by atoms with van der Waals surface area (Å²) >= 11 is 0. The van der Waals surface area contributed by atoms with Crippen molar-refractivity contribution in [1.82, 2.24) is 29.2 Å². The molecule has 0 spiro atoms. The lowest BCUT2D eigenvalue weighted by Crippen LogP contribution is -2.32. The van der Waals surface area contributed by atoms with Crippen LogP contribution in [0, 0.1) is 0 Å². The summed E-state index contributed by atoms with van der Waals surface area (Å²) in [7, 11) is 1.61. The summed E-state index contributed by atoms with van der Waals surface area (Å²) in [5.74, 6) is -0.126. The van der Waals surface area contributed by atoms with Gasteiger partial charge in [-0.3, -0.25) is 19.0 Å². The average molecular weight is 406 g/mol. The quantitative estimate of drug-likeness (QED) is 0.545. The minimum Gasteiger partial charge on any atom is -0.383 e. The van der Waals surface area contributed by atoms with Gasteiger partial charge in [-0.1, -0.05) is 18.2 Å². The Labute approximate surface area is 171 Å². The molecule has 1 amide bonds. The summed E-state index contributed by atoms with van der Waals surface area (Å²) in [6, 6.07) is 11.2. The molecule has 0 aliphatic carbocycles. The van der Waals surface area contributed by atoms with E-state index in [0.29, 0.717) is 44.0 Å². The van der Waals surface area contributed by atoms with Crippen LogP contribution in [0.15, 0.2) is 47.4 Å². The minimum absolute atomic E-state index is 0.120. The van der Waals surface area contributed by atoms with Crippen LogP contribution in [0.4, 0.5) is 0 Å². The number of aromatic amines is 1. The number of imidazole rings is 1. The van der Waals surface area contributed by atoms with Crippen LogP contribution in [0.1, 0.15) is 23.0 Å². The normalized spacial score (nSPS) is 16.7. The second kappa shape index (κ2) is 7.42. The molecule has 1 aromatic carbocycles. The molecule has 1 aliphatic rings. The predicted octanol–water partition coefficient (Wildman–Crippen LogP) is 1.81. The van der Waals surface area contributed by atoms with Gasteiger partial charge in [0.2, 0.25) is 0 Å². The zero-order valence-corrected chi connectivity index (χ0v) is 16.6. The molecule has 4 heterocycles. The fraction of sp³-hybridized carbons (Fsp3) is 0.333. The van der Waals surface area contributed by atoms with Crippen molar-refractivity contribution in [3.63, 3.8) is 0 Å². The highest BCUT2D eigenvalue weighted by Crippen LogP contribution is 2.26. The number of para-hydroxylation sites is 1. The smallest absolute Gasteiger partial charge is 0.330 e. The number of hydrogen-bond donors (Lipinski definition) is 1. The van der Waals surface area contributed by atoms with E-state index in [-0.39, 0.29) is 17.6 Å². The summed E-state index contributed by atoms with van der Waals surface area (Å²) in [4.78, 5) is 32.5. The van der Waals surface area contributed by atoms with Crippen LogP contribution < -0.4 is 5.69 Å². The van der Waals surface area contributed by atoms with Crippen molar-refractivity contribution >= 4 is 28.0 Å². The van der Waals surface area contributed by atoms with Crippen LogP contribution in [-0.2, 0) is 11.3 Å². The first kappa shape index (κ1) is 18.6. The molecule has 3 aromatic heterocycles. The van der Waals surface area contributed by atoms with Crippen LogP contribution >= 0.6 is 0 Å². The molecule has 9 nitrogen and oxygen atoms in total. The van der Waals surface area contributed by atoms with E-state index >= 15 is 0 Å². The highest BCUT2D eigenvalue weighted by atomic mass is 16.5. The van der Waals surface area contributed by atoms with Gasteiger partial charge in [-0.15, -0.1) is 0 Å². The number of likely N-dealkylation sites (tertiary alicyclic amines) is 1. The largest absolute Gasteiger partial charge is 0.383 e. The first-order chi connectivity index (χ1) is 14.7. The van der Waals surface area contributed by atoms with Crippen molar-refractivity contribution in [1.29, 1.82) is 0 Å². The maximum absolute atomic E-state index is 13.2. The first-order valence-electron chi connectivity index (χ1n) is 9.96. The highest BCUT2D eigenvalue weighted by Gasteiger charge is 2.32. The van der Waals surface area contributed by atoms with Crippen LogP contribution in [0.2, 0.25) is 0 Å². The standard InChI is InChI=1S/C21H22N6O3/c1-30-12-11-26-17-7-4-9-22-19(17)27(21(26)29)14-8-10-25(13-14)20(28)18-15-5-2-3-6-16(15)23-24-18/h2-7,9,14H,8,10-13H2,1H3,(H,23,24). The predicted molar refractivity (Wildman–Crippen MR) is 112 cm³/mol. The molecule has 1 atom stereocenters. The maximum atomic E-state index is 13.2. The fourth-order valence-electron chi connectivity index (χ4n) is 4.25. The third-order valence-corrected chi connectivity index (χ3v) is 5.73. The molecule has 9 heteroatoms. The van der Waals surface area contributed by atoms with Gasteiger partial charge in [0.15, 0.2) is 11.3 Å². The Morgan fingerprint density at radius 1 is 1.27 bits per heavy atom. The van der Waals surface area contributed by atoms with Crippen molar-refractivity contribution in [2.45, 2.75) is 19.0 Å². The molecule has 4 aromatic rings. The number of fused-ring (bicyclic) bond motifs is 2. The lowest BCUT2D eigenvalue weighted by Gasteiger charge is -2.16. The minimum atomic E-state index is -0.132. The molecule has 1 unspecified atom stereocenters. The molecular formula is C21H22N6O3. The van der Waals surface area contributed by atoms with Crippen LogP contribution in [0.25, 0.3) is 22.1 Å². The molecule has 30 heavy (non-hydrogen) atoms. The van der Waals surface area contributed by atoms with E-state index in [1.807, 2.05) is 36.4 Å². The number of benzene rings is 1. The number of hydrogen-bond acceptors (Lipinski definition) is 5. The Morgan fingerprint density at radius 3 is 3.00 bits per heavy atom. The van der Waals surface area contributed by atoms with Gasteiger partial charge >= 0.3 is 5.69 Å². The van der Waals surface area contributed by atoms with Crippen LogP contribution in [-0.4, -0.2) is 61.9 Å². The van der Waals surface area contributed by atoms with E-state index in [2.05, 4.69) is 15.2 Å². The number of aromatic nitrogens is 5. The SMILES string of the molecule is COCCn1c(=O)n(C2CCN(C(=O)c3n[nH]c4ccccc34)C2)c2ncccc21. The van der Waals surface area contributed by atoms with Gasteiger partial charge in [-0.25, -0.2) is 9.78 Å². The third-order valence-electron chi connectivity index (χ3n) is 5.73. The van der Waals surface area contributed by atoms with E-state index in [0.717, 1.165) is 16.4 Å². The number of H-pyrrole nitrogens is 1. The van der Waals surface area contributed by atoms with Crippen molar-refractivity contribution in [2.75, 3.05) is 26.8 Å². The Morgan fingerprint density at radius 2 is 2.13 bits per heavy atom. The number of pyridine rings is 1. The molecule has 1 aliphatic heterocycles. The molecule has 1 saturated heterocycles. The van der Waals surface area contributed by atoms with E-state index < -0.39 is 0 Å². The fourth-order valence-corrected chi connectivity index (χ4v) is 4.25. The van der Waals surface area contributed by atoms with E-state index in [1.165, 1.54) is 0 Å². The Balaban J connectivity index is 1.46. The maximum Gasteiger partial charge on any atom is 0.330 e. The van der Waals surface area contributed by atoms with Gasteiger partial charge in [0.1, 0.15) is 0 Å². The Kier molecular flexibility index (Phi) is 4.59. The molecule has 0 saturated carbocycles. The first-order valence-corrected chi connectivity index (χ1v) is 9.96. The number of rotatable bonds is 5. The number of nitrogens with one attached hydrogen (secondary N) is 1. The molecular weight excluding hydrogens is 384 g/mol. The molecule has 1 fully saturated rings. The third kappa shape index (κ3) is 2.89. The van der Waals surface area contributed by atoms with Gasteiger partial charge in [0.05, 0.1) is 30.2 Å². The molecule has 0 bridgehead atoms. The molecule has 1 N–H and O–H groups in total. The number of carbonyl (C=O) groups excluding carboxylic acids is 1. The topological polar surface area (TPSA) is 98.0 Å². The number of carbonyl (C=O) groups is 1. The monoisotopic (exact) mass is 406 g/mol. The van der Waals surface area contributed by atoms with E-state index in [9.17, 15) is 9.59 Å². The van der Waals surface area contributed by atoms with Gasteiger partial charge in [0, 0.05) is 31.8 Å².